The zero-order chi connectivity index (χ0) is 9.52. The fourth-order valence-corrected chi connectivity index (χ4v) is 1.71. The molecule has 13 heavy (non-hydrogen) atoms. The van der Waals surface area contributed by atoms with E-state index in [0.29, 0.717) is 5.92 Å². The summed E-state index contributed by atoms with van der Waals surface area (Å²) in [5.41, 5.74) is 0. The van der Waals surface area contributed by atoms with E-state index in [9.17, 15) is 0 Å². The Morgan fingerprint density at radius 1 is 1.38 bits per heavy atom. The van der Waals surface area contributed by atoms with Crippen molar-refractivity contribution >= 4 is 6.21 Å². The van der Waals surface area contributed by atoms with Crippen molar-refractivity contribution in [2.45, 2.75) is 19.3 Å². The van der Waals surface area contributed by atoms with Crippen molar-refractivity contribution in [2.75, 3.05) is 26.2 Å². The van der Waals surface area contributed by atoms with Gasteiger partial charge in [0.25, 0.3) is 0 Å². The number of hydrogen-bond donors (Lipinski definition) is 2. The van der Waals surface area contributed by atoms with Crippen LogP contribution in [-0.4, -0.2) is 47.7 Å². The highest BCUT2D eigenvalue weighted by molar-refractivity contribution is 5.59. The molecule has 1 heterocycles. The standard InChI is InChI=1S/C9H18N2O2/c12-7-1-4-11-5-2-9(3-6-11)8-10-13/h8-9,12-13H,1-7H2. The van der Waals surface area contributed by atoms with Gasteiger partial charge in [-0.1, -0.05) is 0 Å². The lowest BCUT2D eigenvalue weighted by Crippen LogP contribution is -2.35. The van der Waals surface area contributed by atoms with Gasteiger partial charge >= 0.3 is 0 Å². The van der Waals surface area contributed by atoms with Crippen LogP contribution in [0.3, 0.4) is 0 Å². The summed E-state index contributed by atoms with van der Waals surface area (Å²) < 4.78 is 0. The second kappa shape index (κ2) is 5.94. The smallest absolute Gasteiger partial charge is 0.0467 e. The summed E-state index contributed by atoms with van der Waals surface area (Å²) >= 11 is 0. The number of likely N-dealkylation sites (tertiary alicyclic amines) is 1. The van der Waals surface area contributed by atoms with Crippen LogP contribution < -0.4 is 0 Å². The van der Waals surface area contributed by atoms with E-state index in [0.717, 1.165) is 38.9 Å². The maximum Gasteiger partial charge on any atom is 0.0467 e. The van der Waals surface area contributed by atoms with Crippen molar-refractivity contribution in [3.63, 3.8) is 0 Å². The third-order valence-corrected chi connectivity index (χ3v) is 2.54. The molecule has 1 aliphatic rings. The largest absolute Gasteiger partial charge is 0.411 e. The maximum absolute atomic E-state index is 8.65. The summed E-state index contributed by atoms with van der Waals surface area (Å²) in [7, 11) is 0. The van der Waals surface area contributed by atoms with Crippen molar-refractivity contribution in [3.05, 3.63) is 0 Å². The fourth-order valence-electron chi connectivity index (χ4n) is 1.71. The molecule has 1 saturated heterocycles. The molecule has 2 N–H and O–H groups in total. The van der Waals surface area contributed by atoms with Crippen molar-refractivity contribution in [1.29, 1.82) is 0 Å². The highest BCUT2D eigenvalue weighted by Crippen LogP contribution is 2.15. The van der Waals surface area contributed by atoms with Crippen molar-refractivity contribution in [1.82, 2.24) is 4.90 Å². The van der Waals surface area contributed by atoms with Gasteiger partial charge in [0.05, 0.1) is 0 Å². The van der Waals surface area contributed by atoms with Crippen LogP contribution in [0.15, 0.2) is 5.16 Å². The SMILES string of the molecule is OCCCN1CCC(C=NO)CC1. The van der Waals surface area contributed by atoms with E-state index < -0.39 is 0 Å². The Balaban J connectivity index is 2.15. The number of piperidine rings is 1. The van der Waals surface area contributed by atoms with Crippen LogP contribution in [0, 0.1) is 5.92 Å². The molecule has 1 fully saturated rings. The zero-order valence-corrected chi connectivity index (χ0v) is 7.89. The van der Waals surface area contributed by atoms with Gasteiger partial charge in [0.1, 0.15) is 0 Å². The van der Waals surface area contributed by atoms with Crippen LogP contribution in [0.4, 0.5) is 0 Å². The van der Waals surface area contributed by atoms with Crippen LogP contribution >= 0.6 is 0 Å². The van der Waals surface area contributed by atoms with Gasteiger partial charge in [-0.3, -0.25) is 0 Å². The van der Waals surface area contributed by atoms with E-state index in [-0.39, 0.29) is 6.61 Å². The lowest BCUT2D eigenvalue weighted by molar-refractivity contribution is 0.185. The molecule has 0 spiro atoms. The summed E-state index contributed by atoms with van der Waals surface area (Å²) in [5.74, 6) is 0.440. The molecule has 0 radical (unpaired) electrons. The topological polar surface area (TPSA) is 56.1 Å². The minimum Gasteiger partial charge on any atom is -0.411 e. The van der Waals surface area contributed by atoms with Crippen molar-refractivity contribution in [3.8, 4) is 0 Å². The van der Waals surface area contributed by atoms with Gasteiger partial charge < -0.3 is 15.2 Å². The van der Waals surface area contributed by atoms with E-state index in [1.807, 2.05) is 0 Å². The Kier molecular flexibility index (Phi) is 4.78. The van der Waals surface area contributed by atoms with Crippen LogP contribution in [0.2, 0.25) is 0 Å². The molecule has 4 heteroatoms. The lowest BCUT2D eigenvalue weighted by Gasteiger charge is -2.29. The molecule has 1 rings (SSSR count). The molecule has 0 aromatic rings. The van der Waals surface area contributed by atoms with E-state index >= 15 is 0 Å². The molecule has 0 atom stereocenters. The lowest BCUT2D eigenvalue weighted by atomic mass is 9.98. The average molecular weight is 186 g/mol. The zero-order valence-electron chi connectivity index (χ0n) is 7.89. The molecule has 76 valence electrons. The van der Waals surface area contributed by atoms with Crippen LogP contribution in [0.5, 0.6) is 0 Å². The van der Waals surface area contributed by atoms with Gasteiger partial charge in [-0.25, -0.2) is 0 Å². The summed E-state index contributed by atoms with van der Waals surface area (Å²) in [6, 6.07) is 0. The van der Waals surface area contributed by atoms with E-state index in [1.54, 1.807) is 6.21 Å². The Morgan fingerprint density at radius 3 is 2.62 bits per heavy atom. The van der Waals surface area contributed by atoms with Gasteiger partial charge in [0.15, 0.2) is 0 Å². The average Bonchev–Trinajstić information content (AvgIpc) is 2.17. The number of oxime groups is 1. The number of aliphatic hydroxyl groups is 1. The predicted molar refractivity (Wildman–Crippen MR) is 51.1 cm³/mol. The Morgan fingerprint density at radius 2 is 2.08 bits per heavy atom. The molecule has 0 amide bonds. The Labute approximate surface area is 78.9 Å². The first-order chi connectivity index (χ1) is 6.36. The van der Waals surface area contributed by atoms with Gasteiger partial charge in [-0.05, 0) is 38.3 Å². The maximum atomic E-state index is 8.65. The summed E-state index contributed by atoms with van der Waals surface area (Å²) in [4.78, 5) is 2.35. The summed E-state index contributed by atoms with van der Waals surface area (Å²) in [6.45, 7) is 3.37. The second-order valence-corrected chi connectivity index (χ2v) is 3.52. The first-order valence-corrected chi connectivity index (χ1v) is 4.87. The third-order valence-electron chi connectivity index (χ3n) is 2.54. The van der Waals surface area contributed by atoms with E-state index in [2.05, 4.69) is 10.1 Å². The van der Waals surface area contributed by atoms with E-state index in [4.69, 9.17) is 10.3 Å². The van der Waals surface area contributed by atoms with Crippen LogP contribution in [0.25, 0.3) is 0 Å². The quantitative estimate of drug-likeness (QED) is 0.383. The first kappa shape index (κ1) is 10.5. The molecule has 0 aliphatic carbocycles. The number of nitrogens with zero attached hydrogens (tertiary/aromatic N) is 2. The Bertz CT molecular complexity index is 154. The van der Waals surface area contributed by atoms with Gasteiger partial charge in [0.2, 0.25) is 0 Å². The third kappa shape index (κ3) is 3.74. The molecule has 4 nitrogen and oxygen atoms in total. The monoisotopic (exact) mass is 186 g/mol. The van der Waals surface area contributed by atoms with Gasteiger partial charge in [-0.15, -0.1) is 5.16 Å². The number of rotatable bonds is 4. The molecule has 0 bridgehead atoms. The molecular formula is C9H18N2O2. The molecule has 0 aromatic heterocycles. The van der Waals surface area contributed by atoms with Crippen molar-refractivity contribution < 1.29 is 10.3 Å². The molecular weight excluding hydrogens is 168 g/mol. The normalized spacial score (nSPS) is 21.3. The van der Waals surface area contributed by atoms with Gasteiger partial charge in [0, 0.05) is 19.4 Å². The summed E-state index contributed by atoms with van der Waals surface area (Å²) in [6.07, 6.45) is 4.62. The molecule has 0 unspecified atom stereocenters. The second-order valence-electron chi connectivity index (χ2n) is 3.52. The van der Waals surface area contributed by atoms with E-state index in [1.165, 1.54) is 0 Å². The predicted octanol–water partition coefficient (Wildman–Crippen LogP) is 0.541. The highest BCUT2D eigenvalue weighted by Gasteiger charge is 2.16. The summed E-state index contributed by atoms with van der Waals surface area (Å²) in [5, 5.41) is 20.1. The number of hydrogen-bond acceptors (Lipinski definition) is 4. The first-order valence-electron chi connectivity index (χ1n) is 4.87. The highest BCUT2D eigenvalue weighted by atomic mass is 16.4. The van der Waals surface area contributed by atoms with Crippen LogP contribution in [-0.2, 0) is 0 Å². The Hall–Kier alpha value is -0.610. The number of aliphatic hydroxyl groups excluding tert-OH is 1. The van der Waals surface area contributed by atoms with Gasteiger partial charge in [-0.2, -0.15) is 0 Å². The molecule has 1 aliphatic heterocycles. The minimum atomic E-state index is 0.276. The fraction of sp³-hybridized carbons (Fsp3) is 0.889. The molecule has 0 saturated carbocycles. The minimum absolute atomic E-state index is 0.276. The van der Waals surface area contributed by atoms with Crippen LogP contribution in [0.1, 0.15) is 19.3 Å². The van der Waals surface area contributed by atoms with Crippen molar-refractivity contribution in [2.24, 2.45) is 11.1 Å². The molecule has 0 aromatic carbocycles.